The Morgan fingerprint density at radius 2 is 2.19 bits per heavy atom. The molecule has 0 amide bonds. The lowest BCUT2D eigenvalue weighted by molar-refractivity contribution is 0.706. The topological polar surface area (TPSA) is 15.3 Å². The quantitative estimate of drug-likeness (QED) is 0.836. The molecule has 1 atom stereocenters. The van der Waals surface area contributed by atoms with E-state index in [1.165, 1.54) is 30.6 Å². The van der Waals surface area contributed by atoms with E-state index >= 15 is 0 Å². The Labute approximate surface area is 98.7 Å². The average Bonchev–Trinajstić information content (AvgIpc) is 2.73. The van der Waals surface area contributed by atoms with Gasteiger partial charge in [0, 0.05) is 24.8 Å². The maximum Gasteiger partial charge on any atom is 0.0414 e. The summed E-state index contributed by atoms with van der Waals surface area (Å²) in [7, 11) is 0. The molecule has 2 heteroatoms. The molecular formula is C14H22N2. The Kier molecular flexibility index (Phi) is 3.83. The molecule has 2 nitrogen and oxygen atoms in total. The third-order valence-electron chi connectivity index (χ3n) is 3.42. The van der Waals surface area contributed by atoms with Crippen molar-refractivity contribution in [3.8, 4) is 0 Å². The largest absolute Gasteiger partial charge is 0.369 e. The molecule has 1 N–H and O–H groups in total. The van der Waals surface area contributed by atoms with Crippen LogP contribution in [0.4, 0.5) is 5.69 Å². The van der Waals surface area contributed by atoms with E-state index in [1.54, 1.807) is 0 Å². The van der Waals surface area contributed by atoms with E-state index < -0.39 is 0 Å². The minimum Gasteiger partial charge on any atom is -0.369 e. The first-order valence-electron chi connectivity index (χ1n) is 6.38. The Morgan fingerprint density at radius 3 is 2.88 bits per heavy atom. The van der Waals surface area contributed by atoms with Crippen LogP contribution in [0.1, 0.15) is 32.3 Å². The van der Waals surface area contributed by atoms with Gasteiger partial charge < -0.3 is 10.2 Å². The predicted octanol–water partition coefficient (Wildman–Crippen LogP) is 2.78. The van der Waals surface area contributed by atoms with Crippen LogP contribution in [-0.2, 0) is 6.54 Å². The van der Waals surface area contributed by atoms with E-state index in [1.807, 2.05) is 0 Å². The highest BCUT2D eigenvalue weighted by Gasteiger charge is 2.21. The summed E-state index contributed by atoms with van der Waals surface area (Å²) in [5, 5.41) is 3.42. The van der Waals surface area contributed by atoms with Gasteiger partial charge in [-0.15, -0.1) is 0 Å². The number of hydrogen-bond acceptors (Lipinski definition) is 2. The fourth-order valence-corrected chi connectivity index (χ4v) is 2.49. The van der Waals surface area contributed by atoms with Gasteiger partial charge in [-0.25, -0.2) is 0 Å². The Hall–Kier alpha value is -1.02. The fourth-order valence-electron chi connectivity index (χ4n) is 2.49. The van der Waals surface area contributed by atoms with E-state index in [0.717, 1.165) is 13.1 Å². The van der Waals surface area contributed by atoms with Gasteiger partial charge in [-0.1, -0.05) is 25.1 Å². The van der Waals surface area contributed by atoms with Gasteiger partial charge in [0.1, 0.15) is 0 Å². The van der Waals surface area contributed by atoms with Crippen molar-refractivity contribution in [3.63, 3.8) is 0 Å². The third kappa shape index (κ3) is 2.38. The molecule has 1 aromatic carbocycles. The van der Waals surface area contributed by atoms with Crippen LogP contribution in [0, 0.1) is 0 Å². The number of benzene rings is 1. The summed E-state index contributed by atoms with van der Waals surface area (Å²) in [5.41, 5.74) is 2.85. The van der Waals surface area contributed by atoms with Crippen LogP contribution in [0.25, 0.3) is 0 Å². The lowest BCUT2D eigenvalue weighted by Gasteiger charge is -2.26. The lowest BCUT2D eigenvalue weighted by atomic mass is 10.1. The third-order valence-corrected chi connectivity index (χ3v) is 3.42. The van der Waals surface area contributed by atoms with Crippen molar-refractivity contribution < 1.29 is 0 Å². The summed E-state index contributed by atoms with van der Waals surface area (Å²) in [4.78, 5) is 2.55. The smallest absolute Gasteiger partial charge is 0.0414 e. The van der Waals surface area contributed by atoms with Gasteiger partial charge in [-0.05, 0) is 37.9 Å². The van der Waals surface area contributed by atoms with Crippen LogP contribution in [0.3, 0.4) is 0 Å². The van der Waals surface area contributed by atoms with E-state index in [-0.39, 0.29) is 0 Å². The fraction of sp³-hybridized carbons (Fsp3) is 0.571. The highest BCUT2D eigenvalue weighted by atomic mass is 15.2. The number of para-hydroxylation sites is 1. The van der Waals surface area contributed by atoms with Crippen LogP contribution < -0.4 is 10.2 Å². The predicted molar refractivity (Wildman–Crippen MR) is 69.9 cm³/mol. The van der Waals surface area contributed by atoms with Crippen molar-refractivity contribution in [2.75, 3.05) is 18.0 Å². The zero-order chi connectivity index (χ0) is 11.4. The summed E-state index contributed by atoms with van der Waals surface area (Å²) in [5.74, 6) is 0. The minimum absolute atomic E-state index is 0.697. The molecule has 1 unspecified atom stereocenters. The number of anilines is 1. The van der Waals surface area contributed by atoms with Crippen LogP contribution in [0.2, 0.25) is 0 Å². The number of hydrogen-bond donors (Lipinski definition) is 1. The molecule has 88 valence electrons. The maximum atomic E-state index is 3.42. The molecule has 1 aliphatic rings. The molecule has 1 fully saturated rings. The van der Waals surface area contributed by atoms with Crippen molar-refractivity contribution in [2.24, 2.45) is 0 Å². The second-order valence-electron chi connectivity index (χ2n) is 4.59. The monoisotopic (exact) mass is 218 g/mol. The Morgan fingerprint density at radius 1 is 1.38 bits per heavy atom. The number of nitrogens with zero attached hydrogens (tertiary/aromatic N) is 1. The van der Waals surface area contributed by atoms with Gasteiger partial charge in [-0.3, -0.25) is 0 Å². The van der Waals surface area contributed by atoms with Crippen molar-refractivity contribution >= 4 is 5.69 Å². The molecule has 16 heavy (non-hydrogen) atoms. The van der Waals surface area contributed by atoms with Crippen LogP contribution in [0.5, 0.6) is 0 Å². The summed E-state index contributed by atoms with van der Waals surface area (Å²) in [6.07, 6.45) is 2.66. The molecule has 0 aliphatic carbocycles. The van der Waals surface area contributed by atoms with Crippen molar-refractivity contribution in [1.29, 1.82) is 0 Å². The number of rotatable bonds is 4. The van der Waals surface area contributed by atoms with Crippen LogP contribution in [0.15, 0.2) is 24.3 Å². The van der Waals surface area contributed by atoms with Crippen molar-refractivity contribution in [1.82, 2.24) is 5.32 Å². The average molecular weight is 218 g/mol. The highest BCUT2D eigenvalue weighted by Crippen LogP contribution is 2.28. The molecule has 0 spiro atoms. The molecule has 1 saturated heterocycles. The molecule has 0 aromatic heterocycles. The second kappa shape index (κ2) is 5.35. The zero-order valence-electron chi connectivity index (χ0n) is 10.4. The maximum absolute atomic E-state index is 3.42. The van der Waals surface area contributed by atoms with Crippen molar-refractivity contribution in [3.05, 3.63) is 29.8 Å². The van der Waals surface area contributed by atoms with Gasteiger partial charge in [0.25, 0.3) is 0 Å². The van der Waals surface area contributed by atoms with Crippen LogP contribution >= 0.6 is 0 Å². The summed E-state index contributed by atoms with van der Waals surface area (Å²) in [6, 6.07) is 9.48. The molecule has 2 rings (SSSR count). The van der Waals surface area contributed by atoms with E-state index in [2.05, 4.69) is 48.3 Å². The summed E-state index contributed by atoms with van der Waals surface area (Å²) in [6.45, 7) is 7.71. The SMILES string of the molecule is CCNCc1ccccc1N1CCCC1C. The van der Waals surface area contributed by atoms with E-state index in [9.17, 15) is 0 Å². The van der Waals surface area contributed by atoms with Crippen LogP contribution in [-0.4, -0.2) is 19.1 Å². The van der Waals surface area contributed by atoms with E-state index in [4.69, 9.17) is 0 Å². The normalized spacial score (nSPS) is 20.4. The zero-order valence-corrected chi connectivity index (χ0v) is 10.4. The first-order valence-corrected chi connectivity index (χ1v) is 6.38. The van der Waals surface area contributed by atoms with Crippen molar-refractivity contribution in [2.45, 2.75) is 39.3 Å². The lowest BCUT2D eigenvalue weighted by Crippen LogP contribution is -2.28. The van der Waals surface area contributed by atoms with Gasteiger partial charge >= 0.3 is 0 Å². The summed E-state index contributed by atoms with van der Waals surface area (Å²) >= 11 is 0. The standard InChI is InChI=1S/C14H22N2/c1-3-15-11-13-8-4-5-9-14(13)16-10-6-7-12(16)2/h4-5,8-9,12,15H,3,6-7,10-11H2,1-2H3. The highest BCUT2D eigenvalue weighted by molar-refractivity contribution is 5.55. The molecule has 1 heterocycles. The first kappa shape index (κ1) is 11.5. The van der Waals surface area contributed by atoms with E-state index in [0.29, 0.717) is 6.04 Å². The summed E-state index contributed by atoms with van der Waals surface area (Å²) < 4.78 is 0. The number of nitrogens with one attached hydrogen (secondary N) is 1. The Bertz CT molecular complexity index is 335. The minimum atomic E-state index is 0.697. The van der Waals surface area contributed by atoms with Gasteiger partial charge in [-0.2, -0.15) is 0 Å². The molecule has 0 bridgehead atoms. The molecule has 0 radical (unpaired) electrons. The van der Waals surface area contributed by atoms with Gasteiger partial charge in [0.05, 0.1) is 0 Å². The molecular weight excluding hydrogens is 196 g/mol. The molecule has 1 aromatic rings. The second-order valence-corrected chi connectivity index (χ2v) is 4.59. The first-order chi connectivity index (χ1) is 7.83. The Balaban J connectivity index is 2.18. The molecule has 0 saturated carbocycles. The van der Waals surface area contributed by atoms with Gasteiger partial charge in [0.15, 0.2) is 0 Å². The molecule has 1 aliphatic heterocycles. The van der Waals surface area contributed by atoms with Gasteiger partial charge in [0.2, 0.25) is 0 Å².